The van der Waals surface area contributed by atoms with Crippen LogP contribution in [-0.4, -0.2) is 17.6 Å². The second-order valence-electron chi connectivity index (χ2n) is 5.13. The molecule has 92 valence electrons. The molecule has 0 bridgehead atoms. The van der Waals surface area contributed by atoms with Crippen molar-refractivity contribution in [3.63, 3.8) is 0 Å². The number of carbonyl (C=O) groups is 1. The molecule has 0 saturated heterocycles. The zero-order chi connectivity index (χ0) is 12.3. The van der Waals surface area contributed by atoms with Crippen molar-refractivity contribution in [3.05, 3.63) is 35.9 Å². The Bertz CT molecular complexity index is 390. The molecule has 0 spiro atoms. The highest BCUT2D eigenvalue weighted by Gasteiger charge is 2.40. The highest BCUT2D eigenvalue weighted by atomic mass is 16.4. The van der Waals surface area contributed by atoms with Crippen LogP contribution in [0.4, 0.5) is 0 Å². The number of carboxylic acids is 1. The fraction of sp³-hybridized carbons (Fsp3) is 0.500. The van der Waals surface area contributed by atoms with E-state index in [2.05, 4.69) is 12.1 Å². The summed E-state index contributed by atoms with van der Waals surface area (Å²) in [6.45, 7) is 0.475. The molecular weight excluding hydrogens is 214 g/mol. The minimum atomic E-state index is -0.732. The number of benzene rings is 1. The van der Waals surface area contributed by atoms with Gasteiger partial charge in [0.2, 0.25) is 0 Å². The number of nitrogens with two attached hydrogens (primary N) is 1. The smallest absolute Gasteiger partial charge is 0.303 e. The second kappa shape index (κ2) is 4.88. The molecule has 0 heterocycles. The van der Waals surface area contributed by atoms with Crippen molar-refractivity contribution in [2.75, 3.05) is 6.54 Å². The van der Waals surface area contributed by atoms with Crippen LogP contribution in [-0.2, 0) is 4.79 Å². The SMILES string of the molecule is NC[C@@]1(CC(=O)O)CC[C@@H](c2ccccc2)C1. The first-order chi connectivity index (χ1) is 8.15. The van der Waals surface area contributed by atoms with Gasteiger partial charge in [-0.15, -0.1) is 0 Å². The van der Waals surface area contributed by atoms with E-state index in [4.69, 9.17) is 10.8 Å². The lowest BCUT2D eigenvalue weighted by atomic mass is 9.81. The lowest BCUT2D eigenvalue weighted by molar-refractivity contribution is -0.139. The van der Waals surface area contributed by atoms with Gasteiger partial charge in [-0.2, -0.15) is 0 Å². The molecule has 3 heteroatoms. The van der Waals surface area contributed by atoms with Crippen LogP contribution in [0, 0.1) is 5.41 Å². The van der Waals surface area contributed by atoms with E-state index in [1.165, 1.54) is 5.56 Å². The Hall–Kier alpha value is -1.35. The van der Waals surface area contributed by atoms with Gasteiger partial charge in [0.15, 0.2) is 0 Å². The average Bonchev–Trinajstić information content (AvgIpc) is 2.74. The summed E-state index contributed by atoms with van der Waals surface area (Å²) in [5, 5.41) is 8.97. The molecule has 2 atom stereocenters. The van der Waals surface area contributed by atoms with Crippen LogP contribution in [0.25, 0.3) is 0 Å². The molecule has 1 aliphatic rings. The third-order valence-electron chi connectivity index (χ3n) is 3.93. The van der Waals surface area contributed by atoms with Crippen LogP contribution >= 0.6 is 0 Å². The Balaban J connectivity index is 2.10. The molecule has 0 aromatic heterocycles. The predicted molar refractivity (Wildman–Crippen MR) is 66.8 cm³/mol. The average molecular weight is 233 g/mol. The Kier molecular flexibility index (Phi) is 3.48. The topological polar surface area (TPSA) is 63.3 Å². The van der Waals surface area contributed by atoms with Crippen LogP contribution in [0.3, 0.4) is 0 Å². The Morgan fingerprint density at radius 2 is 2.12 bits per heavy atom. The Morgan fingerprint density at radius 1 is 1.41 bits per heavy atom. The maximum Gasteiger partial charge on any atom is 0.303 e. The molecule has 0 unspecified atom stereocenters. The monoisotopic (exact) mass is 233 g/mol. The summed E-state index contributed by atoms with van der Waals surface area (Å²) in [4.78, 5) is 10.9. The van der Waals surface area contributed by atoms with Crippen LogP contribution in [0.15, 0.2) is 30.3 Å². The van der Waals surface area contributed by atoms with E-state index in [0.29, 0.717) is 12.5 Å². The van der Waals surface area contributed by atoms with Crippen LogP contribution < -0.4 is 5.73 Å². The number of rotatable bonds is 4. The summed E-state index contributed by atoms with van der Waals surface area (Å²) in [5.74, 6) is -0.261. The van der Waals surface area contributed by atoms with Gasteiger partial charge in [0.1, 0.15) is 0 Å². The molecule has 3 nitrogen and oxygen atoms in total. The lowest BCUT2D eigenvalue weighted by Crippen LogP contribution is -2.30. The number of aliphatic carboxylic acids is 1. The molecule has 0 radical (unpaired) electrons. The zero-order valence-corrected chi connectivity index (χ0v) is 9.93. The van der Waals surface area contributed by atoms with Crippen molar-refractivity contribution >= 4 is 5.97 Å². The van der Waals surface area contributed by atoms with E-state index in [0.717, 1.165) is 19.3 Å². The standard InChI is InChI=1S/C14H19NO2/c15-10-14(9-13(16)17)7-6-12(8-14)11-4-2-1-3-5-11/h1-5,12H,6-10,15H2,(H,16,17)/t12-,14+/m1/s1. The summed E-state index contributed by atoms with van der Waals surface area (Å²) in [7, 11) is 0. The summed E-state index contributed by atoms with van der Waals surface area (Å²) in [6.07, 6.45) is 3.08. The quantitative estimate of drug-likeness (QED) is 0.839. The fourth-order valence-corrected chi connectivity index (χ4v) is 2.96. The second-order valence-corrected chi connectivity index (χ2v) is 5.13. The van der Waals surface area contributed by atoms with Crippen molar-refractivity contribution in [2.45, 2.75) is 31.6 Å². The summed E-state index contributed by atoms with van der Waals surface area (Å²) < 4.78 is 0. The van der Waals surface area contributed by atoms with Crippen molar-refractivity contribution in [1.29, 1.82) is 0 Å². The molecule has 1 aliphatic carbocycles. The maximum absolute atomic E-state index is 10.9. The van der Waals surface area contributed by atoms with Gasteiger partial charge in [-0.1, -0.05) is 30.3 Å². The van der Waals surface area contributed by atoms with Gasteiger partial charge < -0.3 is 10.8 Å². The van der Waals surface area contributed by atoms with Crippen LogP contribution in [0.5, 0.6) is 0 Å². The van der Waals surface area contributed by atoms with E-state index in [9.17, 15) is 4.79 Å². The molecule has 0 aliphatic heterocycles. The highest BCUT2D eigenvalue weighted by molar-refractivity contribution is 5.67. The van der Waals surface area contributed by atoms with E-state index in [1.807, 2.05) is 18.2 Å². The number of carboxylic acid groups (broad SMARTS) is 1. The van der Waals surface area contributed by atoms with Crippen molar-refractivity contribution in [1.82, 2.24) is 0 Å². The number of hydrogen-bond acceptors (Lipinski definition) is 2. The van der Waals surface area contributed by atoms with Gasteiger partial charge in [-0.3, -0.25) is 4.79 Å². The highest BCUT2D eigenvalue weighted by Crippen LogP contribution is 2.48. The van der Waals surface area contributed by atoms with Crippen molar-refractivity contribution in [3.8, 4) is 0 Å². The molecule has 1 saturated carbocycles. The lowest BCUT2D eigenvalue weighted by Gasteiger charge is -2.25. The molecule has 1 aromatic carbocycles. The zero-order valence-electron chi connectivity index (χ0n) is 9.93. The molecule has 3 N–H and O–H groups in total. The van der Waals surface area contributed by atoms with Gasteiger partial charge >= 0.3 is 5.97 Å². The van der Waals surface area contributed by atoms with Crippen molar-refractivity contribution in [2.24, 2.45) is 11.1 Å². The van der Waals surface area contributed by atoms with E-state index < -0.39 is 5.97 Å². The minimum Gasteiger partial charge on any atom is -0.481 e. The third kappa shape index (κ3) is 2.67. The molecule has 1 fully saturated rings. The first-order valence-corrected chi connectivity index (χ1v) is 6.12. The van der Waals surface area contributed by atoms with Crippen molar-refractivity contribution < 1.29 is 9.90 Å². The normalized spacial score (nSPS) is 28.2. The minimum absolute atomic E-state index is 0.188. The predicted octanol–water partition coefficient (Wildman–Crippen LogP) is 2.37. The molecule has 2 rings (SSSR count). The Labute approximate surface area is 102 Å². The van der Waals surface area contributed by atoms with Gasteiger partial charge in [-0.25, -0.2) is 0 Å². The summed E-state index contributed by atoms with van der Waals surface area (Å²) in [5.41, 5.74) is 6.92. The maximum atomic E-state index is 10.9. The van der Waals surface area contributed by atoms with E-state index in [-0.39, 0.29) is 11.8 Å². The molecule has 1 aromatic rings. The number of hydrogen-bond donors (Lipinski definition) is 2. The molecule has 17 heavy (non-hydrogen) atoms. The van der Waals surface area contributed by atoms with Gasteiger partial charge in [-0.05, 0) is 42.7 Å². The van der Waals surface area contributed by atoms with Gasteiger partial charge in [0.05, 0.1) is 6.42 Å². The van der Waals surface area contributed by atoms with Crippen LogP contribution in [0.2, 0.25) is 0 Å². The first kappa shape index (κ1) is 12.1. The largest absolute Gasteiger partial charge is 0.481 e. The van der Waals surface area contributed by atoms with E-state index >= 15 is 0 Å². The van der Waals surface area contributed by atoms with Gasteiger partial charge in [0.25, 0.3) is 0 Å². The molecular formula is C14H19NO2. The summed E-state index contributed by atoms with van der Waals surface area (Å²) in [6, 6.07) is 10.3. The third-order valence-corrected chi connectivity index (χ3v) is 3.93. The van der Waals surface area contributed by atoms with Gasteiger partial charge in [0, 0.05) is 0 Å². The van der Waals surface area contributed by atoms with E-state index in [1.54, 1.807) is 0 Å². The van der Waals surface area contributed by atoms with Crippen LogP contribution in [0.1, 0.15) is 37.2 Å². The Morgan fingerprint density at radius 3 is 2.71 bits per heavy atom. The molecule has 0 amide bonds. The summed E-state index contributed by atoms with van der Waals surface area (Å²) >= 11 is 0. The first-order valence-electron chi connectivity index (χ1n) is 6.12. The fourth-order valence-electron chi connectivity index (χ4n) is 2.96.